The number of carbonyl (C=O) groups is 1. The van der Waals surface area contributed by atoms with Gasteiger partial charge in [-0.2, -0.15) is 0 Å². The van der Waals surface area contributed by atoms with E-state index < -0.39 is 5.60 Å². The number of likely N-dealkylation sites (tertiary alicyclic amines) is 1. The largest absolute Gasteiger partial charge is 0.444 e. The van der Waals surface area contributed by atoms with Crippen molar-refractivity contribution in [2.45, 2.75) is 45.3 Å². The van der Waals surface area contributed by atoms with Crippen LogP contribution >= 0.6 is 0 Å². The molecule has 3 rings (SSSR count). The molecule has 1 amide bonds. The van der Waals surface area contributed by atoms with E-state index in [4.69, 9.17) is 9.15 Å². The molecule has 23 heavy (non-hydrogen) atoms. The summed E-state index contributed by atoms with van der Waals surface area (Å²) in [5, 5.41) is 8.24. The summed E-state index contributed by atoms with van der Waals surface area (Å²) in [6.45, 7) is 6.21. The van der Waals surface area contributed by atoms with Gasteiger partial charge in [0.05, 0.1) is 0 Å². The molecule has 1 aliphatic heterocycles. The second kappa shape index (κ2) is 6.02. The first kappa shape index (κ1) is 15.5. The number of rotatable bonds is 2. The highest BCUT2D eigenvalue weighted by molar-refractivity contribution is 5.69. The number of hydrogen-bond donors (Lipinski definition) is 0. The molecule has 0 spiro atoms. The zero-order valence-corrected chi connectivity index (χ0v) is 13.7. The van der Waals surface area contributed by atoms with Crippen molar-refractivity contribution in [1.29, 1.82) is 0 Å². The van der Waals surface area contributed by atoms with Gasteiger partial charge in [-0.25, -0.2) is 4.79 Å². The number of ether oxygens (including phenoxy) is 1. The van der Waals surface area contributed by atoms with Gasteiger partial charge >= 0.3 is 6.09 Å². The lowest BCUT2D eigenvalue weighted by Gasteiger charge is -2.27. The number of nitrogens with zero attached hydrogens (tertiary/aromatic N) is 3. The predicted octanol–water partition coefficient (Wildman–Crippen LogP) is 3.81. The average Bonchev–Trinajstić information content (AvgIpc) is 3.15. The van der Waals surface area contributed by atoms with Crippen molar-refractivity contribution < 1.29 is 13.9 Å². The van der Waals surface area contributed by atoms with Crippen LogP contribution in [0.5, 0.6) is 0 Å². The van der Waals surface area contributed by atoms with Crippen LogP contribution in [0.4, 0.5) is 4.79 Å². The van der Waals surface area contributed by atoms with E-state index in [-0.39, 0.29) is 12.1 Å². The van der Waals surface area contributed by atoms with Crippen molar-refractivity contribution in [3.05, 3.63) is 36.2 Å². The Bertz CT molecular complexity index is 676. The Kier molecular flexibility index (Phi) is 4.07. The molecule has 1 aromatic carbocycles. The molecular formula is C17H21N3O3. The van der Waals surface area contributed by atoms with Crippen molar-refractivity contribution in [3.63, 3.8) is 0 Å². The van der Waals surface area contributed by atoms with Gasteiger partial charge in [-0.15, -0.1) is 10.2 Å². The molecule has 6 heteroatoms. The fourth-order valence-electron chi connectivity index (χ4n) is 2.63. The molecule has 0 radical (unpaired) electrons. The van der Waals surface area contributed by atoms with Gasteiger partial charge in [0.25, 0.3) is 0 Å². The molecule has 1 fully saturated rings. The van der Waals surface area contributed by atoms with E-state index in [0.29, 0.717) is 18.3 Å². The summed E-state index contributed by atoms with van der Waals surface area (Å²) in [7, 11) is 0. The Morgan fingerprint density at radius 3 is 2.70 bits per heavy atom. The molecule has 0 aliphatic carbocycles. The van der Waals surface area contributed by atoms with Crippen LogP contribution in [0.1, 0.15) is 45.5 Å². The number of amides is 1. The second-order valence-corrected chi connectivity index (χ2v) is 6.64. The van der Waals surface area contributed by atoms with Crippen LogP contribution in [0, 0.1) is 0 Å². The zero-order valence-electron chi connectivity index (χ0n) is 13.7. The van der Waals surface area contributed by atoms with Gasteiger partial charge in [0.2, 0.25) is 11.8 Å². The first-order valence-electron chi connectivity index (χ1n) is 7.82. The maximum Gasteiger partial charge on any atom is 0.410 e. The lowest BCUT2D eigenvalue weighted by molar-refractivity contribution is 0.0204. The van der Waals surface area contributed by atoms with E-state index in [1.165, 1.54) is 0 Å². The van der Waals surface area contributed by atoms with Crippen LogP contribution in [-0.4, -0.2) is 33.3 Å². The van der Waals surface area contributed by atoms with Crippen molar-refractivity contribution in [1.82, 2.24) is 15.1 Å². The molecule has 0 unspecified atom stereocenters. The molecular weight excluding hydrogens is 294 g/mol. The Morgan fingerprint density at radius 2 is 2.00 bits per heavy atom. The minimum absolute atomic E-state index is 0.213. The number of carbonyl (C=O) groups excluding carboxylic acids is 1. The first-order valence-corrected chi connectivity index (χ1v) is 7.82. The number of aromatic nitrogens is 2. The zero-order chi connectivity index (χ0) is 16.4. The summed E-state index contributed by atoms with van der Waals surface area (Å²) in [6, 6.07) is 9.38. The topological polar surface area (TPSA) is 68.5 Å². The summed E-state index contributed by atoms with van der Waals surface area (Å²) in [6.07, 6.45) is 1.36. The summed E-state index contributed by atoms with van der Waals surface area (Å²) in [5.41, 5.74) is 0.349. The van der Waals surface area contributed by atoms with Crippen LogP contribution < -0.4 is 0 Å². The molecule has 1 saturated heterocycles. The van der Waals surface area contributed by atoms with Gasteiger partial charge in [-0.3, -0.25) is 4.90 Å². The molecule has 6 nitrogen and oxygen atoms in total. The molecule has 0 saturated carbocycles. The monoisotopic (exact) mass is 315 g/mol. The number of benzene rings is 1. The van der Waals surface area contributed by atoms with E-state index in [2.05, 4.69) is 10.2 Å². The third kappa shape index (κ3) is 3.52. The standard InChI is InChI=1S/C17H21N3O3/c1-17(2,3)23-16(21)20-11-7-10-13(20)15-19-18-14(22-15)12-8-5-4-6-9-12/h4-6,8-9,13H,7,10-11H2,1-3H3/t13-/m0/s1. The third-order valence-corrected chi connectivity index (χ3v) is 3.63. The fourth-order valence-corrected chi connectivity index (χ4v) is 2.63. The molecule has 0 N–H and O–H groups in total. The van der Waals surface area contributed by atoms with Gasteiger partial charge in [-0.1, -0.05) is 18.2 Å². The Morgan fingerprint density at radius 1 is 1.26 bits per heavy atom. The van der Waals surface area contributed by atoms with Crippen LogP contribution in [0.3, 0.4) is 0 Å². The highest BCUT2D eigenvalue weighted by Gasteiger charge is 2.36. The maximum atomic E-state index is 12.3. The smallest absolute Gasteiger partial charge is 0.410 e. The van der Waals surface area contributed by atoms with Gasteiger partial charge in [-0.05, 0) is 45.7 Å². The lowest BCUT2D eigenvalue weighted by atomic mass is 10.2. The van der Waals surface area contributed by atoms with Gasteiger partial charge in [0.1, 0.15) is 11.6 Å². The van der Waals surface area contributed by atoms with Crippen molar-refractivity contribution >= 4 is 6.09 Å². The quantitative estimate of drug-likeness (QED) is 0.843. The van der Waals surface area contributed by atoms with Crippen LogP contribution in [0.25, 0.3) is 11.5 Å². The molecule has 0 bridgehead atoms. The normalized spacial score (nSPS) is 18.2. The van der Waals surface area contributed by atoms with E-state index in [0.717, 1.165) is 18.4 Å². The first-order chi connectivity index (χ1) is 10.9. The average molecular weight is 315 g/mol. The van der Waals surface area contributed by atoms with Gasteiger partial charge in [0, 0.05) is 12.1 Å². The van der Waals surface area contributed by atoms with Crippen molar-refractivity contribution in [3.8, 4) is 11.5 Å². The molecule has 2 aromatic rings. The van der Waals surface area contributed by atoms with E-state index >= 15 is 0 Å². The van der Waals surface area contributed by atoms with E-state index in [9.17, 15) is 4.79 Å². The summed E-state index contributed by atoms with van der Waals surface area (Å²) in [4.78, 5) is 14.0. The molecule has 1 aromatic heterocycles. The lowest BCUT2D eigenvalue weighted by Crippen LogP contribution is -2.36. The SMILES string of the molecule is CC(C)(C)OC(=O)N1CCC[C@H]1c1nnc(-c2ccccc2)o1. The van der Waals surface area contributed by atoms with E-state index in [1.54, 1.807) is 4.90 Å². The van der Waals surface area contributed by atoms with Crippen LogP contribution in [0.15, 0.2) is 34.7 Å². The Hall–Kier alpha value is -2.37. The van der Waals surface area contributed by atoms with Gasteiger partial charge < -0.3 is 9.15 Å². The highest BCUT2D eigenvalue weighted by Crippen LogP contribution is 2.33. The third-order valence-electron chi connectivity index (χ3n) is 3.63. The minimum atomic E-state index is -0.520. The maximum absolute atomic E-state index is 12.3. The van der Waals surface area contributed by atoms with Gasteiger partial charge in [0.15, 0.2) is 0 Å². The minimum Gasteiger partial charge on any atom is -0.444 e. The summed E-state index contributed by atoms with van der Waals surface area (Å²) in [5.74, 6) is 0.934. The Balaban J connectivity index is 1.78. The van der Waals surface area contributed by atoms with Crippen LogP contribution in [-0.2, 0) is 4.74 Å². The summed E-state index contributed by atoms with van der Waals surface area (Å²) < 4.78 is 11.3. The van der Waals surface area contributed by atoms with Crippen molar-refractivity contribution in [2.75, 3.05) is 6.54 Å². The molecule has 2 heterocycles. The second-order valence-electron chi connectivity index (χ2n) is 6.64. The predicted molar refractivity (Wildman–Crippen MR) is 84.6 cm³/mol. The van der Waals surface area contributed by atoms with E-state index in [1.807, 2.05) is 51.1 Å². The highest BCUT2D eigenvalue weighted by atomic mass is 16.6. The molecule has 1 atom stereocenters. The van der Waals surface area contributed by atoms with Crippen LogP contribution in [0.2, 0.25) is 0 Å². The molecule has 122 valence electrons. The molecule has 1 aliphatic rings. The Labute approximate surface area is 135 Å². The number of hydrogen-bond acceptors (Lipinski definition) is 5. The summed E-state index contributed by atoms with van der Waals surface area (Å²) >= 11 is 0. The van der Waals surface area contributed by atoms with Crippen molar-refractivity contribution in [2.24, 2.45) is 0 Å². The fraction of sp³-hybridized carbons (Fsp3) is 0.471.